The van der Waals surface area contributed by atoms with Crippen LogP contribution in [0.5, 0.6) is 5.75 Å². The smallest absolute Gasteiger partial charge is 0.251 e. The summed E-state index contributed by atoms with van der Waals surface area (Å²) < 4.78 is 5.20. The van der Waals surface area contributed by atoms with Gasteiger partial charge in [-0.15, -0.1) is 0 Å². The summed E-state index contributed by atoms with van der Waals surface area (Å²) in [5.41, 5.74) is 2.31. The molecule has 0 aromatic heterocycles. The number of benzene rings is 2. The number of carbonyl (C=O) groups excluding carboxylic acids is 2. The standard InChI is InChI=1S/C21H26N4O3/c1-22-21(27)16-4-3-5-17(14-16)23-20(26)15-24-10-12-25(13-11-24)18-6-8-19(28-2)9-7-18/h3-9,14H,10-13,15H2,1-2H3,(H,22,27)(H,23,26). The number of carbonyl (C=O) groups is 2. The molecular weight excluding hydrogens is 356 g/mol. The van der Waals surface area contributed by atoms with E-state index in [1.807, 2.05) is 12.1 Å². The SMILES string of the molecule is CNC(=O)c1cccc(NC(=O)CN2CCN(c3ccc(OC)cc3)CC2)c1. The van der Waals surface area contributed by atoms with Crippen LogP contribution in [0.4, 0.5) is 11.4 Å². The molecule has 28 heavy (non-hydrogen) atoms. The van der Waals surface area contributed by atoms with Gasteiger partial charge in [0.15, 0.2) is 0 Å². The van der Waals surface area contributed by atoms with Gasteiger partial charge >= 0.3 is 0 Å². The molecule has 0 aliphatic carbocycles. The average molecular weight is 382 g/mol. The number of nitrogens with one attached hydrogen (secondary N) is 2. The topological polar surface area (TPSA) is 73.9 Å². The Kier molecular flexibility index (Phi) is 6.49. The molecule has 1 saturated heterocycles. The summed E-state index contributed by atoms with van der Waals surface area (Å²) in [5, 5.41) is 5.46. The third kappa shape index (κ3) is 5.01. The van der Waals surface area contributed by atoms with Crippen LogP contribution in [0.3, 0.4) is 0 Å². The van der Waals surface area contributed by atoms with E-state index in [0.717, 1.165) is 37.6 Å². The molecule has 0 saturated carbocycles. The molecule has 0 bridgehead atoms. The van der Waals surface area contributed by atoms with E-state index in [9.17, 15) is 9.59 Å². The maximum atomic E-state index is 12.4. The Bertz CT molecular complexity index is 815. The zero-order valence-corrected chi connectivity index (χ0v) is 16.3. The summed E-state index contributed by atoms with van der Waals surface area (Å²) >= 11 is 0. The molecule has 1 fully saturated rings. The molecule has 1 aliphatic heterocycles. The lowest BCUT2D eigenvalue weighted by Gasteiger charge is -2.35. The number of hydrogen-bond donors (Lipinski definition) is 2. The van der Waals surface area contributed by atoms with Gasteiger partial charge in [0.1, 0.15) is 5.75 Å². The van der Waals surface area contributed by atoms with Crippen LogP contribution < -0.4 is 20.3 Å². The van der Waals surface area contributed by atoms with Gasteiger partial charge in [-0.3, -0.25) is 14.5 Å². The van der Waals surface area contributed by atoms with Crippen molar-refractivity contribution in [1.82, 2.24) is 10.2 Å². The molecule has 7 heteroatoms. The largest absolute Gasteiger partial charge is 0.497 e. The minimum absolute atomic E-state index is 0.0769. The highest BCUT2D eigenvalue weighted by Gasteiger charge is 2.19. The van der Waals surface area contributed by atoms with Gasteiger partial charge < -0.3 is 20.3 Å². The highest BCUT2D eigenvalue weighted by molar-refractivity contribution is 5.97. The van der Waals surface area contributed by atoms with Crippen molar-refractivity contribution in [2.24, 2.45) is 0 Å². The van der Waals surface area contributed by atoms with Crippen molar-refractivity contribution in [2.75, 3.05) is 57.1 Å². The fourth-order valence-corrected chi connectivity index (χ4v) is 3.24. The van der Waals surface area contributed by atoms with Crippen molar-refractivity contribution in [3.05, 3.63) is 54.1 Å². The highest BCUT2D eigenvalue weighted by atomic mass is 16.5. The van der Waals surface area contributed by atoms with Gasteiger partial charge in [0, 0.05) is 50.2 Å². The van der Waals surface area contributed by atoms with E-state index in [1.165, 1.54) is 0 Å². The summed E-state index contributed by atoms with van der Waals surface area (Å²) in [6, 6.07) is 15.0. The molecule has 2 amide bonds. The van der Waals surface area contributed by atoms with E-state index in [-0.39, 0.29) is 11.8 Å². The Morgan fingerprint density at radius 2 is 1.75 bits per heavy atom. The van der Waals surface area contributed by atoms with E-state index in [0.29, 0.717) is 17.8 Å². The molecule has 3 rings (SSSR count). The monoisotopic (exact) mass is 382 g/mol. The molecule has 0 unspecified atom stereocenters. The molecule has 2 N–H and O–H groups in total. The molecule has 0 atom stereocenters. The van der Waals surface area contributed by atoms with Crippen LogP contribution >= 0.6 is 0 Å². The van der Waals surface area contributed by atoms with Gasteiger partial charge in [-0.25, -0.2) is 0 Å². The van der Waals surface area contributed by atoms with Gasteiger partial charge in [0.05, 0.1) is 13.7 Å². The fourth-order valence-electron chi connectivity index (χ4n) is 3.24. The van der Waals surface area contributed by atoms with Crippen LogP contribution in [0, 0.1) is 0 Å². The number of amides is 2. The number of piperazine rings is 1. The number of nitrogens with zero attached hydrogens (tertiary/aromatic N) is 2. The lowest BCUT2D eigenvalue weighted by Crippen LogP contribution is -2.48. The molecule has 1 aliphatic rings. The van der Waals surface area contributed by atoms with Crippen molar-refractivity contribution in [1.29, 1.82) is 0 Å². The van der Waals surface area contributed by atoms with Crippen molar-refractivity contribution in [3.8, 4) is 5.75 Å². The quantitative estimate of drug-likeness (QED) is 0.797. The van der Waals surface area contributed by atoms with Crippen LogP contribution in [-0.4, -0.2) is 63.6 Å². The second-order valence-electron chi connectivity index (χ2n) is 6.67. The minimum atomic E-state index is -0.175. The number of methoxy groups -OCH3 is 1. The first-order chi connectivity index (χ1) is 13.6. The van der Waals surface area contributed by atoms with Crippen LogP contribution in [0.15, 0.2) is 48.5 Å². The first-order valence-corrected chi connectivity index (χ1v) is 9.32. The Balaban J connectivity index is 1.49. The summed E-state index contributed by atoms with van der Waals surface area (Å²) in [5.74, 6) is 0.595. The van der Waals surface area contributed by atoms with Gasteiger partial charge in [0.25, 0.3) is 5.91 Å². The van der Waals surface area contributed by atoms with Gasteiger partial charge in [-0.1, -0.05) is 6.07 Å². The first kappa shape index (κ1) is 19.7. The summed E-state index contributed by atoms with van der Waals surface area (Å²) in [4.78, 5) is 28.5. The Morgan fingerprint density at radius 1 is 1.04 bits per heavy atom. The highest BCUT2D eigenvalue weighted by Crippen LogP contribution is 2.20. The second kappa shape index (κ2) is 9.23. The normalized spacial score (nSPS) is 14.4. The Hall–Kier alpha value is -3.06. The third-order valence-corrected chi connectivity index (χ3v) is 4.81. The maximum absolute atomic E-state index is 12.4. The van der Waals surface area contributed by atoms with Crippen LogP contribution in [0.2, 0.25) is 0 Å². The predicted molar refractivity (Wildman–Crippen MR) is 110 cm³/mol. The van der Waals surface area contributed by atoms with Gasteiger partial charge in [-0.2, -0.15) is 0 Å². The minimum Gasteiger partial charge on any atom is -0.497 e. The molecule has 7 nitrogen and oxygen atoms in total. The van der Waals surface area contributed by atoms with Crippen LogP contribution in [0.25, 0.3) is 0 Å². The van der Waals surface area contributed by atoms with E-state index in [1.54, 1.807) is 38.4 Å². The zero-order chi connectivity index (χ0) is 19.9. The van der Waals surface area contributed by atoms with Crippen molar-refractivity contribution >= 4 is 23.2 Å². The molecule has 2 aromatic carbocycles. The molecule has 1 heterocycles. The average Bonchev–Trinajstić information content (AvgIpc) is 2.74. The first-order valence-electron chi connectivity index (χ1n) is 9.32. The number of rotatable bonds is 6. The number of hydrogen-bond acceptors (Lipinski definition) is 5. The van der Waals surface area contributed by atoms with E-state index >= 15 is 0 Å². The second-order valence-corrected chi connectivity index (χ2v) is 6.67. The van der Waals surface area contributed by atoms with Crippen molar-refractivity contribution in [2.45, 2.75) is 0 Å². The molecular formula is C21H26N4O3. The molecule has 0 radical (unpaired) electrons. The fraction of sp³-hybridized carbons (Fsp3) is 0.333. The van der Waals surface area contributed by atoms with Gasteiger partial charge in [-0.05, 0) is 42.5 Å². The molecule has 148 valence electrons. The molecule has 0 spiro atoms. The van der Waals surface area contributed by atoms with E-state index in [2.05, 4.69) is 32.6 Å². The summed E-state index contributed by atoms with van der Waals surface area (Å²) in [6.07, 6.45) is 0. The summed E-state index contributed by atoms with van der Waals surface area (Å²) in [6.45, 7) is 3.70. The van der Waals surface area contributed by atoms with E-state index < -0.39 is 0 Å². The Morgan fingerprint density at radius 3 is 2.39 bits per heavy atom. The maximum Gasteiger partial charge on any atom is 0.251 e. The lowest BCUT2D eigenvalue weighted by atomic mass is 10.2. The number of ether oxygens (including phenoxy) is 1. The van der Waals surface area contributed by atoms with E-state index in [4.69, 9.17) is 4.74 Å². The molecule has 2 aromatic rings. The Labute approximate surface area is 165 Å². The van der Waals surface area contributed by atoms with Crippen molar-refractivity contribution < 1.29 is 14.3 Å². The van der Waals surface area contributed by atoms with Crippen LogP contribution in [-0.2, 0) is 4.79 Å². The summed E-state index contributed by atoms with van der Waals surface area (Å²) in [7, 11) is 3.24. The number of anilines is 2. The van der Waals surface area contributed by atoms with Gasteiger partial charge in [0.2, 0.25) is 5.91 Å². The van der Waals surface area contributed by atoms with Crippen molar-refractivity contribution in [3.63, 3.8) is 0 Å². The third-order valence-electron chi connectivity index (χ3n) is 4.81. The zero-order valence-electron chi connectivity index (χ0n) is 16.3. The predicted octanol–water partition coefficient (Wildman–Crippen LogP) is 1.82. The van der Waals surface area contributed by atoms with Crippen LogP contribution in [0.1, 0.15) is 10.4 Å². The lowest BCUT2D eigenvalue weighted by molar-refractivity contribution is -0.117.